The molecule has 7 heteroatoms. The number of aromatic nitrogens is 2. The van der Waals surface area contributed by atoms with E-state index in [0.29, 0.717) is 13.0 Å². The molecule has 0 bridgehead atoms. The molecule has 4 rings (SSSR count). The molecule has 0 radical (unpaired) electrons. The predicted molar refractivity (Wildman–Crippen MR) is 96.5 cm³/mol. The molecule has 0 unspecified atom stereocenters. The molecule has 2 aliphatic heterocycles. The number of aliphatic hydroxyl groups is 1. The fourth-order valence-electron chi connectivity index (χ4n) is 4.02. The maximum Gasteiger partial charge on any atom is 0.223 e. The van der Waals surface area contributed by atoms with Crippen LogP contribution in [0.5, 0.6) is 0 Å². The number of nitrogens with zero attached hydrogens (tertiary/aromatic N) is 4. The van der Waals surface area contributed by atoms with Gasteiger partial charge >= 0.3 is 0 Å². The molecule has 1 aromatic carbocycles. The Labute approximate surface area is 147 Å². The number of likely N-dealkylation sites (N-methyl/N-ethyl adjacent to an activating group) is 1. The van der Waals surface area contributed by atoms with E-state index in [4.69, 9.17) is 0 Å². The van der Waals surface area contributed by atoms with Crippen molar-refractivity contribution >= 4 is 22.6 Å². The first-order chi connectivity index (χ1) is 12.1. The number of piperazine rings is 1. The molecule has 2 fully saturated rings. The lowest BCUT2D eigenvalue weighted by atomic mass is 10.0. The molecule has 2 N–H and O–H groups in total. The third-order valence-electron chi connectivity index (χ3n) is 5.43. The van der Waals surface area contributed by atoms with Crippen molar-refractivity contribution in [3.05, 3.63) is 24.5 Å². The van der Waals surface area contributed by atoms with Gasteiger partial charge in [0.05, 0.1) is 23.6 Å². The highest BCUT2D eigenvalue weighted by atomic mass is 16.3. The number of aliphatic hydroxyl groups excluding tert-OH is 1. The number of benzene rings is 1. The summed E-state index contributed by atoms with van der Waals surface area (Å²) in [6, 6.07) is 6.15. The number of fused-ring (bicyclic) bond motifs is 1. The molecule has 1 aromatic heterocycles. The number of rotatable bonds is 3. The van der Waals surface area contributed by atoms with E-state index in [-0.39, 0.29) is 17.9 Å². The van der Waals surface area contributed by atoms with Gasteiger partial charge in [-0.3, -0.25) is 4.79 Å². The Bertz CT molecular complexity index is 753. The number of likely N-dealkylation sites (tertiary alicyclic amines) is 1. The second kappa shape index (κ2) is 6.65. The van der Waals surface area contributed by atoms with Gasteiger partial charge in [-0.2, -0.15) is 0 Å². The number of carbonyl (C=O) groups is 1. The van der Waals surface area contributed by atoms with Crippen LogP contribution in [0.3, 0.4) is 0 Å². The lowest BCUT2D eigenvalue weighted by Gasteiger charge is -2.36. The van der Waals surface area contributed by atoms with Crippen molar-refractivity contribution in [2.45, 2.75) is 12.5 Å². The maximum atomic E-state index is 12.6. The van der Waals surface area contributed by atoms with Gasteiger partial charge in [0.25, 0.3) is 0 Å². The van der Waals surface area contributed by atoms with E-state index in [9.17, 15) is 9.90 Å². The number of aromatic amines is 1. The van der Waals surface area contributed by atoms with Gasteiger partial charge in [0.1, 0.15) is 5.52 Å². The molecule has 2 aliphatic rings. The Morgan fingerprint density at radius 3 is 2.80 bits per heavy atom. The second-order valence-corrected chi connectivity index (χ2v) is 7.20. The van der Waals surface area contributed by atoms with Crippen LogP contribution in [0.1, 0.15) is 6.42 Å². The first-order valence-corrected chi connectivity index (χ1v) is 8.93. The molecular formula is C18H25N5O2. The van der Waals surface area contributed by atoms with Gasteiger partial charge in [-0.1, -0.05) is 6.07 Å². The van der Waals surface area contributed by atoms with Gasteiger partial charge < -0.3 is 24.8 Å². The Morgan fingerprint density at radius 2 is 2.08 bits per heavy atom. The fraction of sp³-hybridized carbons (Fsp3) is 0.556. The Hall–Kier alpha value is -2.12. The Balaban J connectivity index is 1.37. The molecule has 2 saturated heterocycles. The van der Waals surface area contributed by atoms with Gasteiger partial charge in [-0.05, 0) is 19.2 Å². The summed E-state index contributed by atoms with van der Waals surface area (Å²) in [4.78, 5) is 26.5. The summed E-state index contributed by atoms with van der Waals surface area (Å²) in [5.74, 6) is 0.227. The number of imidazole rings is 1. The molecular weight excluding hydrogens is 318 g/mol. The van der Waals surface area contributed by atoms with Gasteiger partial charge in [-0.25, -0.2) is 4.98 Å². The van der Waals surface area contributed by atoms with E-state index in [2.05, 4.69) is 25.8 Å². The summed E-state index contributed by atoms with van der Waals surface area (Å²) in [5, 5.41) is 10.0. The molecule has 3 heterocycles. The third-order valence-corrected chi connectivity index (χ3v) is 5.43. The zero-order chi connectivity index (χ0) is 17.4. The average molecular weight is 343 g/mol. The van der Waals surface area contributed by atoms with Crippen LogP contribution in [0.2, 0.25) is 0 Å². The normalized spacial score (nSPS) is 25.0. The van der Waals surface area contributed by atoms with Crippen LogP contribution in [-0.2, 0) is 4.79 Å². The number of β-amino-alcohol motifs (C(OH)–C–C–N with tert-alkyl or cyclic N) is 1. The van der Waals surface area contributed by atoms with Crippen molar-refractivity contribution in [1.29, 1.82) is 0 Å². The molecule has 134 valence electrons. The van der Waals surface area contributed by atoms with Crippen molar-refractivity contribution in [2.24, 2.45) is 5.92 Å². The lowest BCUT2D eigenvalue weighted by Crippen LogP contribution is -2.49. The minimum absolute atomic E-state index is 0.0633. The van der Waals surface area contributed by atoms with Crippen LogP contribution < -0.4 is 4.90 Å². The van der Waals surface area contributed by atoms with Crippen molar-refractivity contribution in [1.82, 2.24) is 19.8 Å². The summed E-state index contributed by atoms with van der Waals surface area (Å²) in [7, 11) is 1.99. The van der Waals surface area contributed by atoms with E-state index in [1.807, 2.05) is 24.1 Å². The minimum Gasteiger partial charge on any atom is -0.391 e. The van der Waals surface area contributed by atoms with Crippen LogP contribution in [-0.4, -0.2) is 83.2 Å². The number of hydrogen-bond donors (Lipinski definition) is 2. The highest BCUT2D eigenvalue weighted by Crippen LogP contribution is 2.26. The summed E-state index contributed by atoms with van der Waals surface area (Å²) in [6.45, 7) is 4.53. The highest BCUT2D eigenvalue weighted by molar-refractivity contribution is 5.88. The maximum absolute atomic E-state index is 12.6. The zero-order valence-electron chi connectivity index (χ0n) is 14.6. The Kier molecular flexibility index (Phi) is 4.35. The van der Waals surface area contributed by atoms with Crippen LogP contribution in [0.25, 0.3) is 11.0 Å². The highest BCUT2D eigenvalue weighted by Gasteiger charge is 2.32. The topological polar surface area (TPSA) is 75.7 Å². The second-order valence-electron chi connectivity index (χ2n) is 7.20. The summed E-state index contributed by atoms with van der Waals surface area (Å²) in [6.07, 6.45) is 1.78. The van der Waals surface area contributed by atoms with Gasteiger partial charge in [0, 0.05) is 51.6 Å². The number of H-pyrrole nitrogens is 1. The number of hydrogen-bond acceptors (Lipinski definition) is 5. The van der Waals surface area contributed by atoms with Crippen molar-refractivity contribution in [3.8, 4) is 0 Å². The first-order valence-electron chi connectivity index (χ1n) is 8.93. The number of carbonyl (C=O) groups excluding carboxylic acids is 1. The smallest absolute Gasteiger partial charge is 0.223 e. The van der Waals surface area contributed by atoms with E-state index in [1.165, 1.54) is 0 Å². The van der Waals surface area contributed by atoms with E-state index in [1.54, 1.807) is 6.33 Å². The Morgan fingerprint density at radius 1 is 1.28 bits per heavy atom. The molecule has 25 heavy (non-hydrogen) atoms. The van der Waals surface area contributed by atoms with Gasteiger partial charge in [-0.15, -0.1) is 0 Å². The number of nitrogens with one attached hydrogen (secondary N) is 1. The number of amides is 1. The van der Waals surface area contributed by atoms with Crippen LogP contribution in [0.15, 0.2) is 24.5 Å². The molecule has 7 nitrogen and oxygen atoms in total. The SMILES string of the molecule is CN1C[C@@H](CC(=O)N2CCN(c3cccc4[nH]cnc34)CC2)[C@H](O)C1. The minimum atomic E-state index is -0.382. The van der Waals surface area contributed by atoms with Crippen LogP contribution in [0.4, 0.5) is 5.69 Å². The molecule has 0 aliphatic carbocycles. The van der Waals surface area contributed by atoms with Crippen LogP contribution in [0, 0.1) is 5.92 Å². The van der Waals surface area contributed by atoms with Crippen molar-refractivity contribution in [3.63, 3.8) is 0 Å². The van der Waals surface area contributed by atoms with Crippen molar-refractivity contribution < 1.29 is 9.90 Å². The third kappa shape index (κ3) is 3.21. The monoisotopic (exact) mass is 343 g/mol. The fourth-order valence-corrected chi connectivity index (χ4v) is 4.02. The van der Waals surface area contributed by atoms with Crippen molar-refractivity contribution in [2.75, 3.05) is 51.2 Å². The van der Waals surface area contributed by atoms with Gasteiger partial charge in [0.15, 0.2) is 0 Å². The summed E-state index contributed by atoms with van der Waals surface area (Å²) in [5.41, 5.74) is 3.15. The standard InChI is InChI=1S/C18H25N5O2/c1-21-10-13(16(24)11-21)9-17(25)23-7-5-22(6-8-23)15-4-2-3-14-18(15)20-12-19-14/h2-4,12-13,16,24H,5-11H2,1H3,(H,19,20)/t13-,16-/m1/s1. The van der Waals surface area contributed by atoms with E-state index >= 15 is 0 Å². The molecule has 0 saturated carbocycles. The summed E-state index contributed by atoms with van der Waals surface area (Å²) >= 11 is 0. The quantitative estimate of drug-likeness (QED) is 0.850. The average Bonchev–Trinajstić information content (AvgIpc) is 3.21. The van der Waals surface area contributed by atoms with Crippen LogP contribution >= 0.6 is 0 Å². The number of anilines is 1. The summed E-state index contributed by atoms with van der Waals surface area (Å²) < 4.78 is 0. The lowest BCUT2D eigenvalue weighted by molar-refractivity contribution is -0.133. The molecule has 1 amide bonds. The molecule has 2 atom stereocenters. The predicted octanol–water partition coefficient (Wildman–Crippen LogP) is 0.524. The molecule has 0 spiro atoms. The number of para-hydroxylation sites is 1. The first kappa shape index (κ1) is 16.4. The van der Waals surface area contributed by atoms with E-state index in [0.717, 1.165) is 49.4 Å². The van der Waals surface area contributed by atoms with E-state index < -0.39 is 0 Å². The molecule has 2 aromatic rings. The largest absolute Gasteiger partial charge is 0.391 e. The zero-order valence-corrected chi connectivity index (χ0v) is 14.6. The van der Waals surface area contributed by atoms with Gasteiger partial charge in [0.2, 0.25) is 5.91 Å².